The quantitative estimate of drug-likeness (QED) is 0.500. The molecule has 4 nitrogen and oxygen atoms in total. The van der Waals surface area contributed by atoms with Crippen LogP contribution in [0.2, 0.25) is 0 Å². The second-order valence-corrected chi connectivity index (χ2v) is 8.38. The van der Waals surface area contributed by atoms with Crippen molar-refractivity contribution in [2.75, 3.05) is 0 Å². The van der Waals surface area contributed by atoms with Crippen LogP contribution in [0.3, 0.4) is 0 Å². The fraction of sp³-hybridized carbons (Fsp3) is 0.0909. The van der Waals surface area contributed by atoms with Gasteiger partial charge in [-0.1, -0.05) is 54.6 Å². The van der Waals surface area contributed by atoms with Crippen LogP contribution in [0.15, 0.2) is 83.9 Å². The number of hydrogen-bond donors (Lipinski definition) is 2. The summed E-state index contributed by atoms with van der Waals surface area (Å²) < 4.78 is 41.2. The summed E-state index contributed by atoms with van der Waals surface area (Å²) in [6.45, 7) is 1.80. The minimum atomic E-state index is -3.68. The van der Waals surface area contributed by atoms with E-state index in [1.165, 1.54) is 12.1 Å². The third-order valence-corrected chi connectivity index (χ3v) is 6.18. The monoisotopic (exact) mass is 394 g/mol. The molecule has 0 aliphatic heterocycles. The van der Waals surface area contributed by atoms with Gasteiger partial charge < -0.3 is 4.98 Å². The number of H-pyrrole nitrogens is 1. The van der Waals surface area contributed by atoms with E-state index >= 15 is 0 Å². The van der Waals surface area contributed by atoms with Crippen molar-refractivity contribution in [3.05, 3.63) is 90.2 Å². The van der Waals surface area contributed by atoms with E-state index in [-0.39, 0.29) is 10.8 Å². The lowest BCUT2D eigenvalue weighted by Crippen LogP contribution is -2.27. The zero-order valence-electron chi connectivity index (χ0n) is 15.2. The lowest BCUT2D eigenvalue weighted by atomic mass is 10.0. The first-order chi connectivity index (χ1) is 13.4. The molecule has 0 bridgehead atoms. The Labute approximate surface area is 163 Å². The van der Waals surface area contributed by atoms with Crippen LogP contribution in [0.1, 0.15) is 18.5 Å². The summed E-state index contributed by atoms with van der Waals surface area (Å²) in [5.74, 6) is -0.277. The molecule has 0 spiro atoms. The Morgan fingerprint density at radius 3 is 2.14 bits per heavy atom. The van der Waals surface area contributed by atoms with Crippen molar-refractivity contribution >= 4 is 20.9 Å². The van der Waals surface area contributed by atoms with Gasteiger partial charge in [0.1, 0.15) is 10.8 Å². The highest BCUT2D eigenvalue weighted by Crippen LogP contribution is 2.24. The molecule has 0 saturated heterocycles. The fourth-order valence-electron chi connectivity index (χ4n) is 3.16. The van der Waals surface area contributed by atoms with E-state index in [4.69, 9.17) is 0 Å². The van der Waals surface area contributed by atoms with Gasteiger partial charge in [-0.3, -0.25) is 0 Å². The van der Waals surface area contributed by atoms with E-state index in [1.54, 1.807) is 25.1 Å². The first-order valence-electron chi connectivity index (χ1n) is 8.88. The summed E-state index contributed by atoms with van der Waals surface area (Å²) in [5, 5.41) is 0.989. The van der Waals surface area contributed by atoms with Gasteiger partial charge in [-0.2, -0.15) is 0 Å². The number of halogens is 1. The first kappa shape index (κ1) is 18.4. The molecular formula is C22H19FN2O2S. The Hall–Kier alpha value is -2.96. The number of para-hydroxylation sites is 1. The predicted octanol–water partition coefficient (Wildman–Crippen LogP) is 5.01. The molecule has 0 saturated carbocycles. The van der Waals surface area contributed by atoms with Crippen molar-refractivity contribution in [1.29, 1.82) is 0 Å². The average molecular weight is 394 g/mol. The third kappa shape index (κ3) is 3.69. The average Bonchev–Trinajstić information content (AvgIpc) is 3.14. The second-order valence-electron chi connectivity index (χ2n) is 6.69. The number of benzene rings is 3. The second kappa shape index (κ2) is 7.22. The normalized spacial score (nSPS) is 12.9. The molecule has 2 N–H and O–H groups in total. The molecule has 6 heteroatoms. The van der Waals surface area contributed by atoms with E-state index in [2.05, 4.69) is 9.71 Å². The molecule has 1 aromatic heterocycles. The van der Waals surface area contributed by atoms with Crippen LogP contribution in [0, 0.1) is 5.82 Å². The summed E-state index contributed by atoms with van der Waals surface area (Å²) >= 11 is 0. The molecule has 4 rings (SSSR count). The van der Waals surface area contributed by atoms with Gasteiger partial charge in [-0.25, -0.2) is 17.5 Å². The van der Waals surface area contributed by atoms with Crippen molar-refractivity contribution in [2.45, 2.75) is 18.0 Å². The molecule has 1 heterocycles. The van der Waals surface area contributed by atoms with Crippen molar-refractivity contribution in [1.82, 2.24) is 9.71 Å². The van der Waals surface area contributed by atoms with Crippen molar-refractivity contribution in [3.63, 3.8) is 0 Å². The Balaban J connectivity index is 1.53. The molecule has 0 fully saturated rings. The fourth-order valence-corrected chi connectivity index (χ4v) is 4.42. The standard InChI is InChI=1S/C22H19FN2O2S/c1-15(16-6-8-17(9-7-16)18-10-12-20(23)13-11-18)25-28(26,27)22-14-19-4-2-3-5-21(19)24-22/h2-15,24-25H,1H3. The highest BCUT2D eigenvalue weighted by atomic mass is 32.2. The predicted molar refractivity (Wildman–Crippen MR) is 109 cm³/mol. The highest BCUT2D eigenvalue weighted by molar-refractivity contribution is 7.89. The molecule has 0 amide bonds. The minimum Gasteiger partial charge on any atom is -0.345 e. The Morgan fingerprint density at radius 1 is 0.893 bits per heavy atom. The number of aromatic nitrogens is 1. The molecule has 1 atom stereocenters. The van der Waals surface area contributed by atoms with Crippen LogP contribution in [-0.4, -0.2) is 13.4 Å². The summed E-state index contributed by atoms with van der Waals surface area (Å²) in [4.78, 5) is 2.95. The number of rotatable bonds is 5. The lowest BCUT2D eigenvalue weighted by molar-refractivity contribution is 0.564. The molecule has 1 unspecified atom stereocenters. The number of aromatic amines is 1. The molecule has 3 aromatic carbocycles. The van der Waals surface area contributed by atoms with Gasteiger partial charge in [-0.15, -0.1) is 0 Å². The maximum absolute atomic E-state index is 13.1. The summed E-state index contributed by atoms with van der Waals surface area (Å²) in [6.07, 6.45) is 0. The van der Waals surface area contributed by atoms with Gasteiger partial charge >= 0.3 is 0 Å². The van der Waals surface area contributed by atoms with Gasteiger partial charge in [0.05, 0.1) is 0 Å². The molecular weight excluding hydrogens is 375 g/mol. The number of fused-ring (bicyclic) bond motifs is 1. The summed E-state index contributed by atoms with van der Waals surface area (Å²) in [6, 6.07) is 22.5. The molecule has 0 aliphatic rings. The largest absolute Gasteiger partial charge is 0.345 e. The van der Waals surface area contributed by atoms with E-state index in [0.717, 1.165) is 27.6 Å². The topological polar surface area (TPSA) is 62.0 Å². The zero-order chi connectivity index (χ0) is 19.7. The maximum atomic E-state index is 13.1. The van der Waals surface area contributed by atoms with Crippen molar-refractivity contribution < 1.29 is 12.8 Å². The van der Waals surface area contributed by atoms with Gasteiger partial charge in [0.2, 0.25) is 0 Å². The molecule has 28 heavy (non-hydrogen) atoms. The van der Waals surface area contributed by atoms with Crippen LogP contribution < -0.4 is 4.72 Å². The maximum Gasteiger partial charge on any atom is 0.256 e. The van der Waals surface area contributed by atoms with Crippen LogP contribution in [0.4, 0.5) is 4.39 Å². The van der Waals surface area contributed by atoms with Crippen molar-refractivity contribution in [2.24, 2.45) is 0 Å². The number of nitrogens with one attached hydrogen (secondary N) is 2. The summed E-state index contributed by atoms with van der Waals surface area (Å²) in [7, 11) is -3.68. The van der Waals surface area contributed by atoms with Gasteiger partial charge in [0, 0.05) is 16.9 Å². The number of hydrogen-bond acceptors (Lipinski definition) is 2. The van der Waals surface area contributed by atoms with E-state index < -0.39 is 16.1 Å². The molecule has 0 radical (unpaired) electrons. The summed E-state index contributed by atoms with van der Waals surface area (Å²) in [5.41, 5.74) is 3.46. The van der Waals surface area contributed by atoms with Crippen LogP contribution in [0.25, 0.3) is 22.0 Å². The zero-order valence-corrected chi connectivity index (χ0v) is 16.0. The smallest absolute Gasteiger partial charge is 0.256 e. The van der Waals surface area contributed by atoms with E-state index in [9.17, 15) is 12.8 Å². The lowest BCUT2D eigenvalue weighted by Gasteiger charge is -2.14. The van der Waals surface area contributed by atoms with E-state index in [1.807, 2.05) is 48.5 Å². The highest BCUT2D eigenvalue weighted by Gasteiger charge is 2.20. The minimum absolute atomic E-state index is 0.142. The Kier molecular flexibility index (Phi) is 4.75. The number of sulfonamides is 1. The molecule has 0 aliphatic carbocycles. The van der Waals surface area contributed by atoms with Crippen LogP contribution in [0.5, 0.6) is 0 Å². The first-order valence-corrected chi connectivity index (χ1v) is 10.4. The van der Waals surface area contributed by atoms with Crippen molar-refractivity contribution in [3.8, 4) is 11.1 Å². The Bertz CT molecular complexity index is 1180. The molecule has 142 valence electrons. The molecule has 4 aromatic rings. The Morgan fingerprint density at radius 2 is 1.50 bits per heavy atom. The van der Waals surface area contributed by atoms with Gasteiger partial charge in [0.25, 0.3) is 10.0 Å². The van der Waals surface area contributed by atoms with Gasteiger partial charge in [0.15, 0.2) is 0 Å². The third-order valence-electron chi connectivity index (χ3n) is 4.71. The SMILES string of the molecule is CC(NS(=O)(=O)c1cc2ccccc2[nH]1)c1ccc(-c2ccc(F)cc2)cc1. The van der Waals surface area contributed by atoms with Gasteiger partial charge in [-0.05, 0) is 47.9 Å². The van der Waals surface area contributed by atoms with E-state index in [0.29, 0.717) is 0 Å². The van der Waals surface area contributed by atoms with Crippen LogP contribution in [-0.2, 0) is 10.0 Å². The van der Waals surface area contributed by atoms with Crippen LogP contribution >= 0.6 is 0 Å².